The summed E-state index contributed by atoms with van der Waals surface area (Å²) in [4.78, 5) is 28.2. The molecule has 17 heavy (non-hydrogen) atoms. The minimum absolute atomic E-state index is 0.0350. The minimum atomic E-state index is -0.759. The largest absolute Gasteiger partial charge is 0.508 e. The van der Waals surface area contributed by atoms with E-state index in [0.717, 1.165) is 0 Å². The topological polar surface area (TPSA) is 96.2 Å². The van der Waals surface area contributed by atoms with Crippen LogP contribution in [0.15, 0.2) is 38.3 Å². The van der Waals surface area contributed by atoms with Crippen LogP contribution in [0, 0.1) is 0 Å². The second-order valence-corrected chi connectivity index (χ2v) is 3.56. The fourth-order valence-electron chi connectivity index (χ4n) is 1.64. The zero-order valence-electron chi connectivity index (χ0n) is 8.43. The van der Waals surface area contributed by atoms with E-state index >= 15 is 0 Å². The van der Waals surface area contributed by atoms with Crippen LogP contribution >= 0.6 is 0 Å². The van der Waals surface area contributed by atoms with Gasteiger partial charge in [0.15, 0.2) is 0 Å². The average Bonchev–Trinajstić information content (AvgIpc) is 2.26. The van der Waals surface area contributed by atoms with Gasteiger partial charge in [-0.05, 0) is 18.2 Å². The Balaban J connectivity index is 2.53. The molecule has 0 bridgehead atoms. The van der Waals surface area contributed by atoms with Crippen molar-refractivity contribution in [1.29, 1.82) is 0 Å². The van der Waals surface area contributed by atoms with Crippen LogP contribution in [-0.4, -0.2) is 15.1 Å². The van der Waals surface area contributed by atoms with Crippen molar-refractivity contribution >= 4 is 11.0 Å². The lowest BCUT2D eigenvalue weighted by atomic mass is 10.1. The predicted octanol–water partition coefficient (Wildman–Crippen LogP) is 0.687. The first-order valence-electron chi connectivity index (χ1n) is 4.80. The molecule has 2 aliphatic heterocycles. The molecule has 0 atom stereocenters. The summed E-state index contributed by atoms with van der Waals surface area (Å²) in [7, 11) is 0. The SMILES string of the molecule is O=c1nc2oc3cc(O)ccc3cc-2c(=O)[nH]1. The van der Waals surface area contributed by atoms with Crippen molar-refractivity contribution in [2.24, 2.45) is 0 Å². The van der Waals surface area contributed by atoms with Crippen LogP contribution in [0.5, 0.6) is 5.75 Å². The van der Waals surface area contributed by atoms with E-state index in [4.69, 9.17) is 4.42 Å². The quantitative estimate of drug-likeness (QED) is 0.554. The van der Waals surface area contributed by atoms with Crippen molar-refractivity contribution in [2.75, 3.05) is 0 Å². The van der Waals surface area contributed by atoms with Gasteiger partial charge in [0, 0.05) is 11.5 Å². The number of phenols is 1. The molecule has 1 aromatic carbocycles. The molecule has 1 aromatic rings. The number of fused-ring (bicyclic) bond motifs is 2. The van der Waals surface area contributed by atoms with Gasteiger partial charge in [-0.25, -0.2) is 4.79 Å². The maximum atomic E-state index is 11.5. The van der Waals surface area contributed by atoms with Crippen LogP contribution in [0.2, 0.25) is 0 Å². The van der Waals surface area contributed by atoms with E-state index in [1.165, 1.54) is 12.1 Å². The molecular weight excluding hydrogens is 224 g/mol. The monoisotopic (exact) mass is 230 g/mol. The summed E-state index contributed by atoms with van der Waals surface area (Å²) in [5, 5.41) is 9.94. The number of aromatic amines is 1. The minimum Gasteiger partial charge on any atom is -0.508 e. The van der Waals surface area contributed by atoms with E-state index < -0.39 is 11.2 Å². The highest BCUT2D eigenvalue weighted by Crippen LogP contribution is 2.25. The van der Waals surface area contributed by atoms with Gasteiger partial charge in [-0.1, -0.05) is 0 Å². The maximum absolute atomic E-state index is 11.5. The summed E-state index contributed by atoms with van der Waals surface area (Å²) in [6.07, 6.45) is 0. The number of benzene rings is 1. The normalized spacial score (nSPS) is 11.1. The Kier molecular flexibility index (Phi) is 1.79. The molecule has 2 heterocycles. The first-order valence-corrected chi connectivity index (χ1v) is 4.80. The molecular formula is C11H6N2O4. The predicted molar refractivity (Wildman–Crippen MR) is 59.2 cm³/mol. The number of nitrogens with one attached hydrogen (secondary N) is 1. The second-order valence-electron chi connectivity index (χ2n) is 3.56. The van der Waals surface area contributed by atoms with Gasteiger partial charge < -0.3 is 9.52 Å². The summed E-state index contributed by atoms with van der Waals surface area (Å²) in [6, 6.07) is 6.03. The molecule has 6 nitrogen and oxygen atoms in total. The molecule has 2 aliphatic rings. The van der Waals surface area contributed by atoms with Crippen LogP contribution in [0.1, 0.15) is 0 Å². The number of aromatic nitrogens is 2. The van der Waals surface area contributed by atoms with E-state index in [0.29, 0.717) is 11.0 Å². The van der Waals surface area contributed by atoms with Gasteiger partial charge >= 0.3 is 5.69 Å². The Morgan fingerprint density at radius 2 is 2.06 bits per heavy atom. The van der Waals surface area contributed by atoms with Gasteiger partial charge in [-0.2, -0.15) is 4.98 Å². The van der Waals surface area contributed by atoms with E-state index in [9.17, 15) is 14.7 Å². The molecule has 0 radical (unpaired) electrons. The smallest absolute Gasteiger partial charge is 0.351 e. The van der Waals surface area contributed by atoms with E-state index in [1.807, 2.05) is 0 Å². The zero-order valence-corrected chi connectivity index (χ0v) is 8.43. The molecule has 0 unspecified atom stereocenters. The van der Waals surface area contributed by atoms with Gasteiger partial charge in [0.1, 0.15) is 16.9 Å². The molecule has 6 heteroatoms. The standard InChI is InChI=1S/C11H6N2O4/c14-6-2-1-5-3-7-9(15)12-11(16)13-10(7)17-8(5)4-6/h1-4,14H,(H,12,15,16). The lowest BCUT2D eigenvalue weighted by Crippen LogP contribution is -2.24. The third-order valence-electron chi connectivity index (χ3n) is 2.40. The molecule has 2 N–H and O–H groups in total. The van der Waals surface area contributed by atoms with Gasteiger partial charge in [0.2, 0.25) is 5.89 Å². The molecule has 0 saturated heterocycles. The molecule has 84 valence electrons. The van der Waals surface area contributed by atoms with Gasteiger partial charge in [0.25, 0.3) is 5.56 Å². The highest BCUT2D eigenvalue weighted by atomic mass is 16.3. The van der Waals surface area contributed by atoms with Crippen LogP contribution < -0.4 is 11.2 Å². The van der Waals surface area contributed by atoms with Gasteiger partial charge in [-0.3, -0.25) is 9.78 Å². The van der Waals surface area contributed by atoms with Gasteiger partial charge in [0.05, 0.1) is 0 Å². The Hall–Kier alpha value is -2.63. The highest BCUT2D eigenvalue weighted by Gasteiger charge is 2.13. The first-order chi connectivity index (χ1) is 8.13. The van der Waals surface area contributed by atoms with Crippen molar-refractivity contribution in [3.63, 3.8) is 0 Å². The first kappa shape index (κ1) is 9.59. The molecule has 0 amide bonds. The lowest BCUT2D eigenvalue weighted by molar-refractivity contribution is 0.474. The van der Waals surface area contributed by atoms with Crippen molar-refractivity contribution in [1.82, 2.24) is 9.97 Å². The lowest BCUT2D eigenvalue weighted by Gasteiger charge is -2.04. The summed E-state index contributed by atoms with van der Waals surface area (Å²) in [5.74, 6) is -0.00959. The molecule has 0 aliphatic carbocycles. The Labute approximate surface area is 93.5 Å². The summed E-state index contributed by atoms with van der Waals surface area (Å²) >= 11 is 0. The number of hydrogen-bond acceptors (Lipinski definition) is 5. The second kappa shape index (κ2) is 3.18. The van der Waals surface area contributed by atoms with Gasteiger partial charge in [-0.15, -0.1) is 0 Å². The number of rotatable bonds is 0. The molecule has 0 spiro atoms. The Morgan fingerprint density at radius 1 is 1.24 bits per heavy atom. The van der Waals surface area contributed by atoms with Crippen LogP contribution in [0.4, 0.5) is 0 Å². The van der Waals surface area contributed by atoms with E-state index in [2.05, 4.69) is 9.97 Å². The average molecular weight is 230 g/mol. The number of nitrogens with zero attached hydrogens (tertiary/aromatic N) is 1. The van der Waals surface area contributed by atoms with Crippen molar-refractivity contribution in [3.8, 4) is 17.2 Å². The number of phenolic OH excluding ortho intramolecular Hbond substituents is 1. The Morgan fingerprint density at radius 3 is 2.88 bits per heavy atom. The number of aromatic hydroxyl groups is 1. The van der Waals surface area contributed by atoms with Crippen molar-refractivity contribution in [2.45, 2.75) is 0 Å². The summed E-state index contributed by atoms with van der Waals surface area (Å²) < 4.78 is 5.30. The molecule has 0 aromatic heterocycles. The third-order valence-corrected chi connectivity index (χ3v) is 2.40. The van der Waals surface area contributed by atoms with Crippen LogP contribution in [0.3, 0.4) is 0 Å². The van der Waals surface area contributed by atoms with E-state index in [-0.39, 0.29) is 17.2 Å². The number of H-pyrrole nitrogens is 1. The third kappa shape index (κ3) is 1.46. The zero-order chi connectivity index (χ0) is 12.0. The van der Waals surface area contributed by atoms with Crippen LogP contribution in [0.25, 0.3) is 22.4 Å². The summed E-state index contributed by atoms with van der Waals surface area (Å²) in [5.41, 5.74) is -0.748. The fourth-order valence-corrected chi connectivity index (χ4v) is 1.64. The molecule has 0 saturated carbocycles. The van der Waals surface area contributed by atoms with Crippen molar-refractivity contribution in [3.05, 3.63) is 45.1 Å². The van der Waals surface area contributed by atoms with Crippen LogP contribution in [-0.2, 0) is 0 Å². The Bertz CT molecular complexity index is 803. The molecule has 3 rings (SSSR count). The highest BCUT2D eigenvalue weighted by molar-refractivity contribution is 5.82. The van der Waals surface area contributed by atoms with E-state index in [1.54, 1.807) is 12.1 Å². The molecule has 0 fully saturated rings. The number of hydrogen-bond donors (Lipinski definition) is 2. The maximum Gasteiger partial charge on any atom is 0.351 e. The fraction of sp³-hybridized carbons (Fsp3) is 0. The van der Waals surface area contributed by atoms with Crippen molar-refractivity contribution < 1.29 is 9.52 Å². The summed E-state index contributed by atoms with van der Waals surface area (Å²) in [6.45, 7) is 0.